The minimum atomic E-state index is -0.387. The van der Waals surface area contributed by atoms with E-state index >= 15 is 0 Å². The first-order valence-corrected chi connectivity index (χ1v) is 7.82. The van der Waals surface area contributed by atoms with Crippen LogP contribution in [0.4, 0.5) is 9.80 Å². The molecule has 1 aromatic rings. The molecule has 0 unspecified atom stereocenters. The van der Waals surface area contributed by atoms with Gasteiger partial charge in [0.15, 0.2) is 0 Å². The molecule has 0 saturated heterocycles. The highest BCUT2D eigenvalue weighted by atomic mass is 32.1. The summed E-state index contributed by atoms with van der Waals surface area (Å²) < 4.78 is 5.02. The van der Waals surface area contributed by atoms with Gasteiger partial charge in [-0.15, -0.1) is 11.3 Å². The Morgan fingerprint density at radius 1 is 1.40 bits per heavy atom. The van der Waals surface area contributed by atoms with Crippen LogP contribution >= 0.6 is 11.3 Å². The summed E-state index contributed by atoms with van der Waals surface area (Å²) in [5, 5.41) is 8.10. The van der Waals surface area contributed by atoms with Gasteiger partial charge in [0.05, 0.1) is 12.2 Å². The lowest BCUT2D eigenvalue weighted by Crippen LogP contribution is -2.36. The molecule has 1 aliphatic carbocycles. The van der Waals surface area contributed by atoms with Crippen LogP contribution in [0.1, 0.15) is 48.5 Å². The summed E-state index contributed by atoms with van der Waals surface area (Å²) in [6.07, 6.45) is 4.39. The molecular weight excluding hydrogens is 276 g/mol. The zero-order chi connectivity index (χ0) is 14.5. The fourth-order valence-corrected chi connectivity index (χ4v) is 3.31. The molecule has 0 atom stereocenters. The minimum absolute atomic E-state index is 0.246. The zero-order valence-corrected chi connectivity index (χ0v) is 12.6. The summed E-state index contributed by atoms with van der Waals surface area (Å²) >= 11 is 1.34. The van der Waals surface area contributed by atoms with E-state index in [9.17, 15) is 9.59 Å². The molecule has 1 aromatic heterocycles. The van der Waals surface area contributed by atoms with Gasteiger partial charge < -0.3 is 10.1 Å². The van der Waals surface area contributed by atoms with Crippen molar-refractivity contribution >= 4 is 28.3 Å². The number of hydrogen-bond donors (Lipinski definition) is 2. The second kappa shape index (κ2) is 6.74. The van der Waals surface area contributed by atoms with E-state index in [4.69, 9.17) is 4.74 Å². The first kappa shape index (κ1) is 14.8. The average Bonchev–Trinajstić information content (AvgIpc) is 3.00. The van der Waals surface area contributed by atoms with Crippen LogP contribution < -0.4 is 10.6 Å². The second-order valence-corrected chi connectivity index (χ2v) is 5.80. The van der Waals surface area contributed by atoms with Crippen molar-refractivity contribution in [2.45, 2.75) is 45.6 Å². The maximum atomic E-state index is 11.9. The molecule has 0 aliphatic heterocycles. The molecule has 2 amide bonds. The second-order valence-electron chi connectivity index (χ2n) is 4.92. The number of carbonyl (C=O) groups excluding carboxylic acids is 2. The summed E-state index contributed by atoms with van der Waals surface area (Å²) in [7, 11) is 0. The number of rotatable bonds is 4. The van der Waals surface area contributed by atoms with Crippen LogP contribution in [-0.2, 0) is 4.74 Å². The summed E-state index contributed by atoms with van der Waals surface area (Å²) in [6.45, 7) is 3.92. The normalized spacial score (nSPS) is 15.1. The SMILES string of the molecule is CCOC(=O)c1c(C)csc1NC(=O)NC1CCCC1. The van der Waals surface area contributed by atoms with Crippen molar-refractivity contribution in [2.75, 3.05) is 11.9 Å². The highest BCUT2D eigenvalue weighted by Crippen LogP contribution is 2.28. The number of urea groups is 1. The molecule has 2 N–H and O–H groups in total. The van der Waals surface area contributed by atoms with Crippen molar-refractivity contribution < 1.29 is 14.3 Å². The van der Waals surface area contributed by atoms with Crippen molar-refractivity contribution in [3.8, 4) is 0 Å². The molecule has 1 saturated carbocycles. The van der Waals surface area contributed by atoms with Crippen molar-refractivity contribution in [1.29, 1.82) is 0 Å². The molecule has 0 radical (unpaired) electrons. The van der Waals surface area contributed by atoms with Gasteiger partial charge in [0, 0.05) is 6.04 Å². The summed E-state index contributed by atoms with van der Waals surface area (Å²) in [4.78, 5) is 23.8. The van der Waals surface area contributed by atoms with Crippen LogP contribution in [0.5, 0.6) is 0 Å². The quantitative estimate of drug-likeness (QED) is 0.838. The van der Waals surface area contributed by atoms with Crippen LogP contribution in [0.25, 0.3) is 0 Å². The van der Waals surface area contributed by atoms with Crippen LogP contribution in [0.3, 0.4) is 0 Å². The van der Waals surface area contributed by atoms with Gasteiger partial charge in [0.1, 0.15) is 5.00 Å². The zero-order valence-electron chi connectivity index (χ0n) is 11.8. The lowest BCUT2D eigenvalue weighted by atomic mass is 10.2. The molecule has 6 heteroatoms. The van der Waals surface area contributed by atoms with Gasteiger partial charge in [0.2, 0.25) is 0 Å². The summed E-state index contributed by atoms with van der Waals surface area (Å²) in [6, 6.07) is 0.00593. The molecule has 1 heterocycles. The Kier molecular flexibility index (Phi) is 5.00. The van der Waals surface area contributed by atoms with Gasteiger partial charge in [-0.1, -0.05) is 12.8 Å². The van der Waals surface area contributed by atoms with E-state index < -0.39 is 0 Å². The van der Waals surface area contributed by atoms with Crippen molar-refractivity contribution in [3.63, 3.8) is 0 Å². The van der Waals surface area contributed by atoms with E-state index in [1.807, 2.05) is 12.3 Å². The standard InChI is InChI=1S/C14H20N2O3S/c1-3-19-13(17)11-9(2)8-20-12(11)16-14(18)15-10-6-4-5-7-10/h8,10H,3-7H2,1-2H3,(H2,15,16,18). The van der Waals surface area contributed by atoms with Gasteiger partial charge in [-0.2, -0.15) is 0 Å². The fraction of sp³-hybridized carbons (Fsp3) is 0.571. The number of anilines is 1. The number of amides is 2. The number of carbonyl (C=O) groups is 2. The Morgan fingerprint density at radius 2 is 2.10 bits per heavy atom. The fourth-order valence-electron chi connectivity index (χ4n) is 2.39. The monoisotopic (exact) mass is 296 g/mol. The third-order valence-corrected chi connectivity index (χ3v) is 4.39. The molecule has 1 fully saturated rings. The van der Waals surface area contributed by atoms with Gasteiger partial charge in [-0.25, -0.2) is 9.59 Å². The Labute approximate surface area is 122 Å². The number of ether oxygens (including phenoxy) is 1. The average molecular weight is 296 g/mol. The first-order chi connectivity index (χ1) is 9.61. The summed E-state index contributed by atoms with van der Waals surface area (Å²) in [5.74, 6) is -0.387. The number of thiophene rings is 1. The molecule has 20 heavy (non-hydrogen) atoms. The first-order valence-electron chi connectivity index (χ1n) is 6.94. The Hall–Kier alpha value is -1.56. The topological polar surface area (TPSA) is 67.4 Å². The molecule has 5 nitrogen and oxygen atoms in total. The van der Waals surface area contributed by atoms with Crippen molar-refractivity contribution in [2.24, 2.45) is 0 Å². The molecule has 2 rings (SSSR count). The van der Waals surface area contributed by atoms with E-state index in [1.54, 1.807) is 6.92 Å². The Bertz CT molecular complexity index is 493. The van der Waals surface area contributed by atoms with Gasteiger partial charge in [-0.3, -0.25) is 5.32 Å². The van der Waals surface area contributed by atoms with Crippen LogP contribution in [0.2, 0.25) is 0 Å². The van der Waals surface area contributed by atoms with E-state index in [0.29, 0.717) is 17.2 Å². The third-order valence-electron chi connectivity index (χ3n) is 3.37. The van der Waals surface area contributed by atoms with Gasteiger partial charge >= 0.3 is 12.0 Å². The minimum Gasteiger partial charge on any atom is -0.462 e. The molecule has 110 valence electrons. The number of hydrogen-bond acceptors (Lipinski definition) is 4. The van der Waals surface area contributed by atoms with Crippen molar-refractivity contribution in [3.05, 3.63) is 16.5 Å². The predicted octanol–water partition coefficient (Wildman–Crippen LogP) is 3.30. The molecule has 0 spiro atoms. The highest BCUT2D eigenvalue weighted by molar-refractivity contribution is 7.15. The lowest BCUT2D eigenvalue weighted by Gasteiger charge is -2.13. The predicted molar refractivity (Wildman–Crippen MR) is 79.4 cm³/mol. The molecule has 1 aliphatic rings. The van der Waals surface area contributed by atoms with E-state index in [2.05, 4.69) is 10.6 Å². The Balaban J connectivity index is 2.01. The lowest BCUT2D eigenvalue weighted by molar-refractivity contribution is 0.0527. The van der Waals surface area contributed by atoms with Crippen molar-refractivity contribution in [1.82, 2.24) is 5.32 Å². The number of esters is 1. The molecular formula is C14H20N2O3S. The van der Waals surface area contributed by atoms with E-state index in [-0.39, 0.29) is 18.0 Å². The number of aryl methyl sites for hydroxylation is 1. The van der Waals surface area contributed by atoms with Gasteiger partial charge in [-0.05, 0) is 37.6 Å². The van der Waals surface area contributed by atoms with Crippen LogP contribution in [0.15, 0.2) is 5.38 Å². The Morgan fingerprint density at radius 3 is 2.75 bits per heavy atom. The molecule has 0 aromatic carbocycles. The maximum absolute atomic E-state index is 11.9. The largest absolute Gasteiger partial charge is 0.462 e. The van der Waals surface area contributed by atoms with E-state index in [1.165, 1.54) is 11.3 Å². The maximum Gasteiger partial charge on any atom is 0.341 e. The number of nitrogens with one attached hydrogen (secondary N) is 2. The van der Waals surface area contributed by atoms with Crippen LogP contribution in [0, 0.1) is 6.92 Å². The van der Waals surface area contributed by atoms with Gasteiger partial charge in [0.25, 0.3) is 0 Å². The third kappa shape index (κ3) is 3.50. The van der Waals surface area contributed by atoms with E-state index in [0.717, 1.165) is 31.2 Å². The molecule has 0 bridgehead atoms. The van der Waals surface area contributed by atoms with Crippen LogP contribution in [-0.4, -0.2) is 24.6 Å². The summed E-state index contributed by atoms with van der Waals surface area (Å²) in [5.41, 5.74) is 1.28. The smallest absolute Gasteiger partial charge is 0.341 e. The highest BCUT2D eigenvalue weighted by Gasteiger charge is 2.21.